The maximum Gasteiger partial charge on any atom is 0.233 e. The van der Waals surface area contributed by atoms with E-state index in [1.54, 1.807) is 6.92 Å². The highest BCUT2D eigenvalue weighted by Gasteiger charge is 2.04. The van der Waals surface area contributed by atoms with Crippen LogP contribution in [0.3, 0.4) is 0 Å². The molecule has 0 atom stereocenters. The number of ketones is 2. The number of rotatable bonds is 14. The van der Waals surface area contributed by atoms with E-state index in [4.69, 9.17) is 0 Å². The van der Waals surface area contributed by atoms with E-state index < -0.39 is 0 Å². The zero-order chi connectivity index (χ0) is 17.5. The van der Waals surface area contributed by atoms with Gasteiger partial charge in [-0.25, -0.2) is 0 Å². The van der Waals surface area contributed by atoms with Gasteiger partial charge in [-0.1, -0.05) is 6.42 Å². The second-order valence-electron chi connectivity index (χ2n) is 5.62. The quantitative estimate of drug-likeness (QED) is 0.399. The lowest BCUT2D eigenvalue weighted by molar-refractivity contribution is -0.122. The van der Waals surface area contributed by atoms with Crippen LogP contribution in [0.25, 0.3) is 0 Å². The Balaban J connectivity index is 3.43. The predicted octanol–water partition coefficient (Wildman–Crippen LogP) is 0.327. The number of nitrogens with one attached hydrogen (secondary N) is 3. The fraction of sp³-hybridized carbons (Fsp3) is 0.750. The zero-order valence-electron chi connectivity index (χ0n) is 14.2. The lowest BCUT2D eigenvalue weighted by Crippen LogP contribution is -2.40. The third-order valence-corrected chi connectivity index (χ3v) is 3.13. The summed E-state index contributed by atoms with van der Waals surface area (Å²) in [5.41, 5.74) is 0. The summed E-state index contributed by atoms with van der Waals surface area (Å²) in [5, 5.41) is 8.19. The molecular weight excluding hydrogens is 298 g/mol. The van der Waals surface area contributed by atoms with E-state index in [2.05, 4.69) is 16.0 Å². The zero-order valence-corrected chi connectivity index (χ0v) is 14.2. The van der Waals surface area contributed by atoms with Gasteiger partial charge in [-0.15, -0.1) is 0 Å². The Bertz CT molecular complexity index is 397. The number of carbonyl (C=O) groups excluding carboxylic acids is 4. The molecule has 0 aromatic carbocycles. The lowest BCUT2D eigenvalue weighted by Gasteiger charge is -2.07. The predicted molar refractivity (Wildman–Crippen MR) is 88.0 cm³/mol. The summed E-state index contributed by atoms with van der Waals surface area (Å²) in [5.74, 6) is -0.0420. The molecule has 0 aliphatic heterocycles. The number of hydrogen-bond donors (Lipinski definition) is 3. The Labute approximate surface area is 138 Å². The molecule has 0 saturated heterocycles. The van der Waals surface area contributed by atoms with Gasteiger partial charge in [0.15, 0.2) is 0 Å². The molecule has 3 N–H and O–H groups in total. The second-order valence-corrected chi connectivity index (χ2v) is 5.62. The van der Waals surface area contributed by atoms with Crippen molar-refractivity contribution in [3.8, 4) is 0 Å². The maximum atomic E-state index is 11.5. The van der Waals surface area contributed by atoms with Gasteiger partial charge in [0.2, 0.25) is 11.8 Å². The third-order valence-electron chi connectivity index (χ3n) is 3.13. The van der Waals surface area contributed by atoms with Gasteiger partial charge >= 0.3 is 0 Å². The second kappa shape index (κ2) is 13.9. The fourth-order valence-corrected chi connectivity index (χ4v) is 1.88. The SMILES string of the molecule is CC(=O)CCCCCNC(=O)CNCC(=O)NCCCC(C)=O. The van der Waals surface area contributed by atoms with Crippen LogP contribution in [0, 0.1) is 0 Å². The molecule has 7 heteroatoms. The van der Waals surface area contributed by atoms with Gasteiger partial charge in [0.1, 0.15) is 11.6 Å². The summed E-state index contributed by atoms with van der Waals surface area (Å²) < 4.78 is 0. The summed E-state index contributed by atoms with van der Waals surface area (Å²) in [6.45, 7) is 4.31. The largest absolute Gasteiger partial charge is 0.355 e. The minimum atomic E-state index is -0.189. The van der Waals surface area contributed by atoms with Crippen LogP contribution >= 0.6 is 0 Å². The molecule has 0 radical (unpaired) electrons. The molecule has 0 rings (SSSR count). The maximum absolute atomic E-state index is 11.5. The van der Waals surface area contributed by atoms with E-state index in [1.807, 2.05) is 0 Å². The summed E-state index contributed by atoms with van der Waals surface area (Å²) >= 11 is 0. The Hall–Kier alpha value is -1.76. The topological polar surface area (TPSA) is 104 Å². The van der Waals surface area contributed by atoms with Crippen molar-refractivity contribution in [2.45, 2.75) is 52.4 Å². The van der Waals surface area contributed by atoms with E-state index in [-0.39, 0.29) is 36.5 Å². The van der Waals surface area contributed by atoms with Gasteiger partial charge in [-0.3, -0.25) is 14.9 Å². The van der Waals surface area contributed by atoms with Gasteiger partial charge in [-0.05, 0) is 33.1 Å². The monoisotopic (exact) mass is 327 g/mol. The van der Waals surface area contributed by atoms with Crippen molar-refractivity contribution in [1.29, 1.82) is 0 Å². The van der Waals surface area contributed by atoms with Crippen molar-refractivity contribution in [2.24, 2.45) is 0 Å². The molecule has 0 aliphatic carbocycles. The molecule has 7 nitrogen and oxygen atoms in total. The number of Topliss-reactive ketones (excluding diaryl/α,β-unsaturated/α-hetero) is 2. The van der Waals surface area contributed by atoms with Gasteiger partial charge in [0.25, 0.3) is 0 Å². The van der Waals surface area contributed by atoms with Gasteiger partial charge < -0.3 is 20.2 Å². The van der Waals surface area contributed by atoms with Crippen LogP contribution in [-0.2, 0) is 19.2 Å². The lowest BCUT2D eigenvalue weighted by atomic mass is 10.1. The highest BCUT2D eigenvalue weighted by molar-refractivity contribution is 5.81. The molecule has 0 heterocycles. The molecule has 0 aromatic rings. The number of hydrogen-bond acceptors (Lipinski definition) is 5. The fourth-order valence-electron chi connectivity index (χ4n) is 1.88. The van der Waals surface area contributed by atoms with Crippen LogP contribution in [0.4, 0.5) is 0 Å². The highest BCUT2D eigenvalue weighted by Crippen LogP contribution is 1.99. The van der Waals surface area contributed by atoms with Gasteiger partial charge in [-0.2, -0.15) is 0 Å². The molecular formula is C16H29N3O4. The van der Waals surface area contributed by atoms with Crippen LogP contribution in [0.15, 0.2) is 0 Å². The first-order valence-corrected chi connectivity index (χ1v) is 8.14. The molecule has 0 bridgehead atoms. The summed E-state index contributed by atoms with van der Waals surface area (Å²) in [6.07, 6.45) is 4.30. The number of carbonyl (C=O) groups is 4. The molecule has 0 fully saturated rings. The van der Waals surface area contributed by atoms with Crippen molar-refractivity contribution >= 4 is 23.4 Å². The average Bonchev–Trinajstić information content (AvgIpc) is 2.46. The molecule has 23 heavy (non-hydrogen) atoms. The Morgan fingerprint density at radius 2 is 1.13 bits per heavy atom. The van der Waals surface area contributed by atoms with E-state index in [9.17, 15) is 19.2 Å². The third kappa shape index (κ3) is 16.4. The first-order valence-electron chi connectivity index (χ1n) is 8.14. The first kappa shape index (κ1) is 21.2. The van der Waals surface area contributed by atoms with Crippen LogP contribution in [0.5, 0.6) is 0 Å². The van der Waals surface area contributed by atoms with Gasteiger partial charge in [0, 0.05) is 25.9 Å². The summed E-state index contributed by atoms with van der Waals surface area (Å²) in [6, 6.07) is 0. The minimum absolute atomic E-state index is 0.0755. The molecule has 0 spiro atoms. The molecule has 0 aliphatic rings. The summed E-state index contributed by atoms with van der Waals surface area (Å²) in [4.78, 5) is 44.4. The van der Waals surface area contributed by atoms with Crippen molar-refractivity contribution in [1.82, 2.24) is 16.0 Å². The highest BCUT2D eigenvalue weighted by atomic mass is 16.2. The number of unbranched alkanes of at least 4 members (excludes halogenated alkanes) is 2. The van der Waals surface area contributed by atoms with E-state index >= 15 is 0 Å². The molecule has 0 saturated carbocycles. The van der Waals surface area contributed by atoms with Crippen molar-refractivity contribution < 1.29 is 19.2 Å². The van der Waals surface area contributed by atoms with Crippen molar-refractivity contribution in [3.05, 3.63) is 0 Å². The molecule has 2 amide bonds. The van der Waals surface area contributed by atoms with Crippen LogP contribution in [0.1, 0.15) is 52.4 Å². The smallest absolute Gasteiger partial charge is 0.233 e. The van der Waals surface area contributed by atoms with E-state index in [1.165, 1.54) is 6.92 Å². The number of amides is 2. The van der Waals surface area contributed by atoms with Crippen molar-refractivity contribution in [2.75, 3.05) is 26.2 Å². The Kier molecular flexibility index (Phi) is 12.8. The standard InChI is InChI=1S/C16H29N3O4/c1-13(20)7-4-3-5-9-18-15(22)11-17-12-16(23)19-10-6-8-14(2)21/h17H,3-12H2,1-2H3,(H,18,22)(H,19,23). The van der Waals surface area contributed by atoms with Crippen LogP contribution < -0.4 is 16.0 Å². The normalized spacial score (nSPS) is 10.2. The summed E-state index contributed by atoms with van der Waals surface area (Å²) in [7, 11) is 0. The Morgan fingerprint density at radius 3 is 1.65 bits per heavy atom. The van der Waals surface area contributed by atoms with Crippen molar-refractivity contribution in [3.63, 3.8) is 0 Å². The average molecular weight is 327 g/mol. The van der Waals surface area contributed by atoms with Crippen LogP contribution in [0.2, 0.25) is 0 Å². The Morgan fingerprint density at radius 1 is 0.652 bits per heavy atom. The molecule has 0 unspecified atom stereocenters. The van der Waals surface area contributed by atoms with Gasteiger partial charge in [0.05, 0.1) is 13.1 Å². The minimum Gasteiger partial charge on any atom is -0.355 e. The molecule has 0 aromatic heterocycles. The first-order chi connectivity index (χ1) is 10.9. The van der Waals surface area contributed by atoms with Crippen LogP contribution in [-0.4, -0.2) is 49.6 Å². The van der Waals surface area contributed by atoms with E-state index in [0.29, 0.717) is 32.4 Å². The van der Waals surface area contributed by atoms with E-state index in [0.717, 1.165) is 19.3 Å². The molecule has 132 valence electrons.